The van der Waals surface area contributed by atoms with Crippen LogP contribution in [0, 0.1) is 0 Å². The first-order chi connectivity index (χ1) is 11.1. The second-order valence-corrected chi connectivity index (χ2v) is 5.86. The van der Waals surface area contributed by atoms with Crippen LogP contribution in [0.3, 0.4) is 0 Å². The van der Waals surface area contributed by atoms with Crippen LogP contribution in [0.1, 0.15) is 17.0 Å². The zero-order valence-electron chi connectivity index (χ0n) is 12.9. The third kappa shape index (κ3) is 1.56. The number of hydrogen-bond acceptors (Lipinski definition) is 4. The van der Waals surface area contributed by atoms with Crippen LogP contribution in [0.2, 0.25) is 0 Å². The molecule has 1 amide bonds. The van der Waals surface area contributed by atoms with Gasteiger partial charge in [0.1, 0.15) is 5.92 Å². The van der Waals surface area contributed by atoms with Gasteiger partial charge in [-0.1, -0.05) is 36.4 Å². The van der Waals surface area contributed by atoms with Crippen molar-refractivity contribution in [2.75, 3.05) is 24.4 Å². The van der Waals surface area contributed by atoms with E-state index in [2.05, 4.69) is 5.32 Å². The predicted molar refractivity (Wildman–Crippen MR) is 86.4 cm³/mol. The molecule has 5 nitrogen and oxygen atoms in total. The first-order valence-electron chi connectivity index (χ1n) is 7.44. The van der Waals surface area contributed by atoms with Crippen molar-refractivity contribution in [2.45, 2.75) is 11.5 Å². The first kappa shape index (κ1) is 13.8. The number of fused-ring (bicyclic) bond motifs is 3. The molecule has 2 aromatic rings. The molecule has 2 aliphatic rings. The molecule has 0 radical (unpaired) electrons. The average Bonchev–Trinajstić information content (AvgIpc) is 3.04. The maximum absolute atomic E-state index is 13.1. The zero-order valence-corrected chi connectivity index (χ0v) is 12.9. The SMILES string of the molecule is COC(=O)[C@H]1c2ccccc2NC12C(=O)N(C)c1ccccc12. The molecule has 1 spiro atoms. The number of ether oxygens (including phenoxy) is 1. The number of nitrogens with zero attached hydrogens (tertiary/aromatic N) is 1. The molecule has 2 aromatic carbocycles. The normalized spacial score (nSPS) is 24.3. The van der Waals surface area contributed by atoms with Gasteiger partial charge in [-0.25, -0.2) is 0 Å². The summed E-state index contributed by atoms with van der Waals surface area (Å²) in [6.45, 7) is 0. The quantitative estimate of drug-likeness (QED) is 0.821. The Morgan fingerprint density at radius 3 is 2.65 bits per heavy atom. The molecule has 1 unspecified atom stereocenters. The number of rotatable bonds is 1. The van der Waals surface area contributed by atoms with Gasteiger partial charge in [0.2, 0.25) is 0 Å². The van der Waals surface area contributed by atoms with Crippen molar-refractivity contribution in [3.63, 3.8) is 0 Å². The number of methoxy groups -OCH3 is 1. The highest BCUT2D eigenvalue weighted by atomic mass is 16.5. The van der Waals surface area contributed by atoms with E-state index in [0.29, 0.717) is 0 Å². The topological polar surface area (TPSA) is 58.6 Å². The lowest BCUT2D eigenvalue weighted by molar-refractivity contribution is -0.146. The molecule has 0 aliphatic carbocycles. The van der Waals surface area contributed by atoms with Gasteiger partial charge in [0.15, 0.2) is 5.54 Å². The van der Waals surface area contributed by atoms with Crippen LogP contribution in [-0.2, 0) is 19.9 Å². The van der Waals surface area contributed by atoms with Gasteiger partial charge >= 0.3 is 5.97 Å². The van der Waals surface area contributed by atoms with Crippen LogP contribution in [0.5, 0.6) is 0 Å². The number of amides is 1. The number of para-hydroxylation sites is 2. The molecule has 23 heavy (non-hydrogen) atoms. The van der Waals surface area contributed by atoms with Crippen molar-refractivity contribution in [1.29, 1.82) is 0 Å². The monoisotopic (exact) mass is 308 g/mol. The van der Waals surface area contributed by atoms with Crippen molar-refractivity contribution in [1.82, 2.24) is 0 Å². The standard InChI is InChI=1S/C18H16N2O3/c1-20-14-10-6-4-8-12(14)18(17(20)22)15(16(21)23-2)11-7-3-5-9-13(11)19-18/h3-10,15,19H,1-2H3/t15-,18?/m1/s1. The number of benzene rings is 2. The Labute approximate surface area is 133 Å². The fraction of sp³-hybridized carbons (Fsp3) is 0.222. The van der Waals surface area contributed by atoms with Gasteiger partial charge in [-0.3, -0.25) is 9.59 Å². The highest BCUT2D eigenvalue weighted by Crippen LogP contribution is 2.55. The summed E-state index contributed by atoms with van der Waals surface area (Å²) in [5.74, 6) is -1.27. The highest BCUT2D eigenvalue weighted by molar-refractivity contribution is 6.14. The van der Waals surface area contributed by atoms with E-state index in [0.717, 1.165) is 22.5 Å². The maximum Gasteiger partial charge on any atom is 0.316 e. The molecule has 116 valence electrons. The summed E-state index contributed by atoms with van der Waals surface area (Å²) in [7, 11) is 3.08. The summed E-state index contributed by atoms with van der Waals surface area (Å²) in [4.78, 5) is 27.3. The van der Waals surface area contributed by atoms with Crippen molar-refractivity contribution < 1.29 is 14.3 Å². The van der Waals surface area contributed by atoms with Crippen molar-refractivity contribution in [3.8, 4) is 0 Å². The molecular formula is C18H16N2O3. The lowest BCUT2D eigenvalue weighted by Crippen LogP contribution is -2.48. The van der Waals surface area contributed by atoms with Crippen LogP contribution in [0.25, 0.3) is 0 Å². The van der Waals surface area contributed by atoms with Crippen molar-refractivity contribution >= 4 is 23.3 Å². The maximum atomic E-state index is 13.1. The Bertz CT molecular complexity index is 833. The minimum atomic E-state index is -1.14. The first-order valence-corrected chi connectivity index (χ1v) is 7.44. The molecule has 5 heteroatoms. The molecule has 0 fully saturated rings. The van der Waals surface area contributed by atoms with Gasteiger partial charge in [0, 0.05) is 24.0 Å². The summed E-state index contributed by atoms with van der Waals surface area (Å²) >= 11 is 0. The van der Waals surface area contributed by atoms with Crippen molar-refractivity contribution in [3.05, 3.63) is 59.7 Å². The molecule has 4 rings (SSSR count). The Morgan fingerprint density at radius 1 is 1.17 bits per heavy atom. The van der Waals surface area contributed by atoms with Crippen LogP contribution in [-0.4, -0.2) is 26.0 Å². The van der Waals surface area contributed by atoms with E-state index in [4.69, 9.17) is 4.74 Å². The van der Waals surface area contributed by atoms with E-state index in [9.17, 15) is 9.59 Å². The Morgan fingerprint density at radius 2 is 1.87 bits per heavy atom. The second-order valence-electron chi connectivity index (χ2n) is 5.86. The average molecular weight is 308 g/mol. The smallest absolute Gasteiger partial charge is 0.316 e. The summed E-state index contributed by atoms with van der Waals surface area (Å²) in [6, 6.07) is 15.1. The number of hydrogen-bond donors (Lipinski definition) is 1. The molecule has 0 saturated heterocycles. The molecule has 0 saturated carbocycles. The molecule has 0 bridgehead atoms. The lowest BCUT2D eigenvalue weighted by atomic mass is 9.78. The third-order valence-electron chi connectivity index (χ3n) is 4.81. The molecular weight excluding hydrogens is 292 g/mol. The van der Waals surface area contributed by atoms with Crippen LogP contribution in [0.15, 0.2) is 48.5 Å². The van der Waals surface area contributed by atoms with E-state index in [1.807, 2.05) is 48.5 Å². The van der Waals surface area contributed by atoms with Gasteiger partial charge < -0.3 is 15.0 Å². The Balaban J connectivity index is 2.01. The Kier molecular flexibility index (Phi) is 2.75. The van der Waals surface area contributed by atoms with Gasteiger partial charge in [-0.05, 0) is 17.7 Å². The van der Waals surface area contributed by atoms with Gasteiger partial charge in [-0.15, -0.1) is 0 Å². The van der Waals surface area contributed by atoms with Crippen LogP contribution < -0.4 is 10.2 Å². The third-order valence-corrected chi connectivity index (χ3v) is 4.81. The Hall–Kier alpha value is -2.82. The minimum Gasteiger partial charge on any atom is -0.468 e. The van der Waals surface area contributed by atoms with E-state index < -0.39 is 17.4 Å². The van der Waals surface area contributed by atoms with E-state index in [1.54, 1.807) is 11.9 Å². The number of esters is 1. The number of anilines is 2. The fourth-order valence-corrected chi connectivity index (χ4v) is 3.79. The number of likely N-dealkylation sites (N-methyl/N-ethyl adjacent to an activating group) is 1. The summed E-state index contributed by atoms with van der Waals surface area (Å²) in [5.41, 5.74) is 2.06. The van der Waals surface area contributed by atoms with Crippen LogP contribution >= 0.6 is 0 Å². The van der Waals surface area contributed by atoms with E-state index in [1.165, 1.54) is 7.11 Å². The zero-order chi connectivity index (χ0) is 16.2. The fourth-order valence-electron chi connectivity index (χ4n) is 3.79. The molecule has 2 atom stereocenters. The largest absolute Gasteiger partial charge is 0.468 e. The summed E-state index contributed by atoms with van der Waals surface area (Å²) in [6.07, 6.45) is 0. The van der Waals surface area contributed by atoms with Gasteiger partial charge in [-0.2, -0.15) is 0 Å². The number of nitrogens with one attached hydrogen (secondary N) is 1. The van der Waals surface area contributed by atoms with Crippen molar-refractivity contribution in [2.24, 2.45) is 0 Å². The summed E-state index contributed by atoms with van der Waals surface area (Å²) < 4.78 is 5.03. The molecule has 2 aliphatic heterocycles. The lowest BCUT2D eigenvalue weighted by Gasteiger charge is -2.29. The van der Waals surface area contributed by atoms with E-state index >= 15 is 0 Å². The number of carbonyl (C=O) groups is 2. The molecule has 0 aromatic heterocycles. The molecule has 2 heterocycles. The van der Waals surface area contributed by atoms with E-state index in [-0.39, 0.29) is 5.91 Å². The molecule has 1 N–H and O–H groups in total. The summed E-state index contributed by atoms with van der Waals surface area (Å²) in [5, 5.41) is 3.32. The minimum absolute atomic E-state index is 0.148. The van der Waals surface area contributed by atoms with Crippen LogP contribution in [0.4, 0.5) is 11.4 Å². The number of carbonyl (C=O) groups excluding carboxylic acids is 2. The highest BCUT2D eigenvalue weighted by Gasteiger charge is 2.62. The second kappa shape index (κ2) is 4.59. The van der Waals surface area contributed by atoms with Gasteiger partial charge in [0.25, 0.3) is 5.91 Å². The predicted octanol–water partition coefficient (Wildman–Crippen LogP) is 2.24. The van der Waals surface area contributed by atoms with Gasteiger partial charge in [0.05, 0.1) is 7.11 Å².